The Morgan fingerprint density at radius 3 is 2.61 bits per heavy atom. The lowest BCUT2D eigenvalue weighted by molar-refractivity contribution is 1.28. The van der Waals surface area contributed by atoms with Crippen LogP contribution in [0.3, 0.4) is 0 Å². The van der Waals surface area contributed by atoms with E-state index in [4.69, 9.17) is 11.1 Å². The number of thioether (sulfide) groups is 1. The van der Waals surface area contributed by atoms with Gasteiger partial charge in [-0.1, -0.05) is 30.3 Å². The minimum Gasteiger partial charge on any atom is -0.398 e. The van der Waals surface area contributed by atoms with E-state index < -0.39 is 0 Å². The number of aryl methyl sites for hydroxylation is 1. The van der Waals surface area contributed by atoms with Crippen LogP contribution in [0, 0.1) is 12.3 Å². The smallest absolute Gasteiger partial charge is 0.0406 e. The Morgan fingerprint density at radius 2 is 1.94 bits per heavy atom. The van der Waals surface area contributed by atoms with Crippen molar-refractivity contribution >= 4 is 23.7 Å². The molecule has 0 saturated carbocycles. The molecular weight excluding hydrogens is 240 g/mol. The fourth-order valence-electron chi connectivity index (χ4n) is 1.74. The molecule has 0 spiro atoms. The highest BCUT2D eigenvalue weighted by molar-refractivity contribution is 7.98. The molecule has 2 nitrogen and oxygen atoms in total. The molecule has 0 unspecified atom stereocenters. The Hall–Kier alpha value is -1.74. The largest absolute Gasteiger partial charge is 0.398 e. The van der Waals surface area contributed by atoms with Gasteiger partial charge < -0.3 is 11.1 Å². The van der Waals surface area contributed by atoms with Crippen molar-refractivity contribution in [1.29, 1.82) is 5.41 Å². The van der Waals surface area contributed by atoms with Gasteiger partial charge in [0.15, 0.2) is 0 Å². The first-order valence-electron chi connectivity index (χ1n) is 5.78. The topological polar surface area (TPSA) is 49.9 Å². The van der Waals surface area contributed by atoms with E-state index in [0.29, 0.717) is 5.69 Å². The van der Waals surface area contributed by atoms with Crippen LogP contribution < -0.4 is 5.73 Å². The van der Waals surface area contributed by atoms with Gasteiger partial charge in [0.1, 0.15) is 0 Å². The zero-order valence-electron chi connectivity index (χ0n) is 10.3. The molecule has 0 aliphatic carbocycles. The molecule has 0 radical (unpaired) electrons. The number of nitrogen functional groups attached to an aromatic ring is 1. The van der Waals surface area contributed by atoms with Crippen LogP contribution in [-0.4, -0.2) is 6.21 Å². The summed E-state index contributed by atoms with van der Waals surface area (Å²) in [5, 5.41) is 7.33. The SMILES string of the molecule is Cc1cc(N)c(C=N)cc1SCc1ccccc1. The summed E-state index contributed by atoms with van der Waals surface area (Å²) < 4.78 is 0. The number of hydrogen-bond acceptors (Lipinski definition) is 3. The van der Waals surface area contributed by atoms with Gasteiger partial charge in [0.2, 0.25) is 0 Å². The van der Waals surface area contributed by atoms with Crippen LogP contribution in [0.15, 0.2) is 47.4 Å². The van der Waals surface area contributed by atoms with Gasteiger partial charge in [0, 0.05) is 28.1 Å². The lowest BCUT2D eigenvalue weighted by atomic mass is 10.1. The van der Waals surface area contributed by atoms with Crippen molar-refractivity contribution < 1.29 is 0 Å². The molecule has 0 amide bonds. The molecule has 3 heteroatoms. The van der Waals surface area contributed by atoms with E-state index in [0.717, 1.165) is 11.3 Å². The lowest BCUT2D eigenvalue weighted by Gasteiger charge is -2.09. The molecule has 0 aliphatic heterocycles. The minimum absolute atomic E-state index is 0.673. The maximum absolute atomic E-state index is 7.33. The average Bonchev–Trinajstić information content (AvgIpc) is 2.39. The molecule has 0 bridgehead atoms. The van der Waals surface area contributed by atoms with Gasteiger partial charge in [-0.05, 0) is 30.2 Å². The summed E-state index contributed by atoms with van der Waals surface area (Å²) in [6.07, 6.45) is 1.31. The van der Waals surface area contributed by atoms with Crippen LogP contribution in [0.25, 0.3) is 0 Å². The number of benzene rings is 2. The zero-order valence-corrected chi connectivity index (χ0v) is 11.1. The highest BCUT2D eigenvalue weighted by Crippen LogP contribution is 2.29. The van der Waals surface area contributed by atoms with Gasteiger partial charge in [-0.25, -0.2) is 0 Å². The second-order valence-corrected chi connectivity index (χ2v) is 5.18. The number of nitrogens with two attached hydrogens (primary N) is 1. The molecule has 2 rings (SSSR count). The van der Waals surface area contributed by atoms with Gasteiger partial charge in [0.05, 0.1) is 0 Å². The van der Waals surface area contributed by atoms with Crippen molar-refractivity contribution in [2.45, 2.75) is 17.6 Å². The molecule has 0 fully saturated rings. The van der Waals surface area contributed by atoms with Crippen molar-refractivity contribution in [3.63, 3.8) is 0 Å². The Labute approximate surface area is 112 Å². The number of hydrogen-bond donors (Lipinski definition) is 2. The third kappa shape index (κ3) is 2.93. The molecule has 0 heterocycles. The number of nitrogens with one attached hydrogen (secondary N) is 1. The first kappa shape index (κ1) is 12.7. The fourth-order valence-corrected chi connectivity index (χ4v) is 2.75. The quantitative estimate of drug-likeness (QED) is 0.495. The lowest BCUT2D eigenvalue weighted by Crippen LogP contribution is -1.95. The Balaban J connectivity index is 2.17. The van der Waals surface area contributed by atoms with Crippen molar-refractivity contribution in [2.75, 3.05) is 5.73 Å². The first-order chi connectivity index (χ1) is 8.70. The van der Waals surface area contributed by atoms with Gasteiger partial charge in [-0.15, -0.1) is 11.8 Å². The van der Waals surface area contributed by atoms with Crippen LogP contribution >= 0.6 is 11.8 Å². The summed E-state index contributed by atoms with van der Waals surface area (Å²) in [5.74, 6) is 0.934. The predicted molar refractivity (Wildman–Crippen MR) is 79.5 cm³/mol. The van der Waals surface area contributed by atoms with E-state index in [1.54, 1.807) is 11.8 Å². The summed E-state index contributed by atoms with van der Waals surface area (Å²) in [4.78, 5) is 1.19. The van der Waals surface area contributed by atoms with Crippen molar-refractivity contribution in [3.05, 3.63) is 59.2 Å². The van der Waals surface area contributed by atoms with Crippen LogP contribution in [0.4, 0.5) is 5.69 Å². The molecule has 0 aliphatic rings. The minimum atomic E-state index is 0.673. The standard InChI is InChI=1S/C15H16N2S/c1-11-7-14(17)13(9-16)8-15(11)18-10-12-5-3-2-4-6-12/h2-9,16H,10,17H2,1H3. The van der Waals surface area contributed by atoms with E-state index in [1.807, 2.05) is 18.2 Å². The molecule has 2 aromatic rings. The van der Waals surface area contributed by atoms with Crippen LogP contribution in [-0.2, 0) is 5.75 Å². The Bertz CT molecular complexity index is 550. The van der Waals surface area contributed by atoms with Crippen LogP contribution in [0.1, 0.15) is 16.7 Å². The summed E-state index contributed by atoms with van der Waals surface area (Å²) >= 11 is 1.78. The Morgan fingerprint density at radius 1 is 1.22 bits per heavy atom. The molecule has 0 aromatic heterocycles. The fraction of sp³-hybridized carbons (Fsp3) is 0.133. The van der Waals surface area contributed by atoms with E-state index in [-0.39, 0.29) is 0 Å². The maximum atomic E-state index is 7.33. The molecular formula is C15H16N2S. The summed E-state index contributed by atoms with van der Waals surface area (Å²) in [6, 6.07) is 14.3. The third-order valence-electron chi connectivity index (χ3n) is 2.77. The van der Waals surface area contributed by atoms with Gasteiger partial charge in [-0.3, -0.25) is 0 Å². The van der Waals surface area contributed by atoms with Crippen LogP contribution in [0.2, 0.25) is 0 Å². The van der Waals surface area contributed by atoms with E-state index >= 15 is 0 Å². The van der Waals surface area contributed by atoms with Crippen LogP contribution in [0.5, 0.6) is 0 Å². The zero-order chi connectivity index (χ0) is 13.0. The Kier molecular flexibility index (Phi) is 4.05. The second kappa shape index (κ2) is 5.74. The first-order valence-corrected chi connectivity index (χ1v) is 6.76. The van der Waals surface area contributed by atoms with Crippen molar-refractivity contribution in [1.82, 2.24) is 0 Å². The summed E-state index contributed by atoms with van der Waals surface area (Å²) in [7, 11) is 0. The average molecular weight is 256 g/mol. The maximum Gasteiger partial charge on any atom is 0.0406 e. The molecule has 92 valence electrons. The molecule has 0 atom stereocenters. The normalized spacial score (nSPS) is 10.3. The highest BCUT2D eigenvalue weighted by atomic mass is 32.2. The molecule has 3 N–H and O–H groups in total. The van der Waals surface area contributed by atoms with E-state index in [1.165, 1.54) is 22.2 Å². The van der Waals surface area contributed by atoms with Gasteiger partial charge in [-0.2, -0.15) is 0 Å². The second-order valence-electron chi connectivity index (χ2n) is 4.17. The van der Waals surface area contributed by atoms with Crippen molar-refractivity contribution in [2.24, 2.45) is 0 Å². The number of rotatable bonds is 4. The van der Waals surface area contributed by atoms with Crippen molar-refractivity contribution in [3.8, 4) is 0 Å². The molecule has 0 saturated heterocycles. The van der Waals surface area contributed by atoms with Gasteiger partial charge >= 0.3 is 0 Å². The third-order valence-corrected chi connectivity index (χ3v) is 4.00. The van der Waals surface area contributed by atoms with E-state index in [9.17, 15) is 0 Å². The number of anilines is 1. The summed E-state index contributed by atoms with van der Waals surface area (Å²) in [6.45, 7) is 2.05. The van der Waals surface area contributed by atoms with E-state index in [2.05, 4.69) is 31.2 Å². The molecule has 18 heavy (non-hydrogen) atoms. The predicted octanol–water partition coefficient (Wildman–Crippen LogP) is 3.87. The highest BCUT2D eigenvalue weighted by Gasteiger charge is 2.04. The molecule has 2 aromatic carbocycles. The summed E-state index contributed by atoms with van der Waals surface area (Å²) in [5.41, 5.74) is 9.78. The monoisotopic (exact) mass is 256 g/mol. The van der Waals surface area contributed by atoms with Gasteiger partial charge in [0.25, 0.3) is 0 Å².